The third-order valence-corrected chi connectivity index (χ3v) is 4.11. The average molecular weight is 364 g/mol. The molecular weight excluding hydrogens is 344 g/mol. The fourth-order valence-electron chi connectivity index (χ4n) is 2.91. The smallest absolute Gasteiger partial charge is 0.249 e. The van der Waals surface area contributed by atoms with Gasteiger partial charge in [-0.05, 0) is 44.5 Å². The molecule has 0 bridgehead atoms. The van der Waals surface area contributed by atoms with Gasteiger partial charge < -0.3 is 0 Å². The van der Waals surface area contributed by atoms with Gasteiger partial charge in [0.25, 0.3) is 0 Å². The number of anilines is 1. The Balaban J connectivity index is 1.55. The number of aromatic nitrogens is 7. The number of nitrogens with zero attached hydrogens (tertiary/aromatic N) is 7. The highest BCUT2D eigenvalue weighted by molar-refractivity contribution is 5.88. The quantitative estimate of drug-likeness (QED) is 0.586. The zero-order valence-electron chi connectivity index (χ0n) is 15.4. The first kappa shape index (κ1) is 17.0. The van der Waals surface area contributed by atoms with Crippen LogP contribution in [0.15, 0.2) is 43.0 Å². The summed E-state index contributed by atoms with van der Waals surface area (Å²) in [5.74, 6) is 0.0329. The normalized spacial score (nSPS) is 11.4. The van der Waals surface area contributed by atoms with Crippen LogP contribution in [-0.2, 0) is 11.3 Å². The highest BCUT2D eigenvalue weighted by Crippen LogP contribution is 2.22. The van der Waals surface area contributed by atoms with Crippen molar-refractivity contribution in [1.29, 1.82) is 0 Å². The van der Waals surface area contributed by atoms with Crippen molar-refractivity contribution in [2.75, 3.05) is 5.32 Å². The number of rotatable bonds is 5. The van der Waals surface area contributed by atoms with Crippen LogP contribution in [0.5, 0.6) is 0 Å². The lowest BCUT2D eigenvalue weighted by Gasteiger charge is -2.10. The van der Waals surface area contributed by atoms with E-state index in [1.165, 1.54) is 0 Å². The van der Waals surface area contributed by atoms with E-state index in [1.807, 2.05) is 36.0 Å². The molecule has 0 aliphatic heterocycles. The maximum absolute atomic E-state index is 12.2. The fourth-order valence-corrected chi connectivity index (χ4v) is 2.91. The van der Waals surface area contributed by atoms with Crippen LogP contribution in [0.4, 0.5) is 5.95 Å². The molecule has 4 heterocycles. The second-order valence-electron chi connectivity index (χ2n) is 6.67. The summed E-state index contributed by atoms with van der Waals surface area (Å²) in [4.78, 5) is 16.5. The van der Waals surface area contributed by atoms with E-state index in [9.17, 15) is 4.79 Å². The van der Waals surface area contributed by atoms with Crippen molar-refractivity contribution >= 4 is 17.5 Å². The summed E-state index contributed by atoms with van der Waals surface area (Å²) in [7, 11) is 0. The van der Waals surface area contributed by atoms with Crippen LogP contribution in [0.3, 0.4) is 0 Å². The Kier molecular flexibility index (Phi) is 4.19. The standard InChI is InChI=1S/C18H20N8O/c1-12(2)26-15(6-7-19-26)14-4-5-16-21-18(23-25(16)10-14)22-17(27)11-24-9-13(3)8-20-24/h4-10,12H,11H2,1-3H3,(H,22,23,27). The first-order valence-corrected chi connectivity index (χ1v) is 8.69. The summed E-state index contributed by atoms with van der Waals surface area (Å²) in [5.41, 5.74) is 3.63. The van der Waals surface area contributed by atoms with E-state index in [0.717, 1.165) is 16.8 Å². The lowest BCUT2D eigenvalue weighted by molar-refractivity contribution is -0.116. The number of amides is 1. The summed E-state index contributed by atoms with van der Waals surface area (Å²) >= 11 is 0. The van der Waals surface area contributed by atoms with E-state index in [-0.39, 0.29) is 24.4 Å². The third-order valence-electron chi connectivity index (χ3n) is 4.11. The minimum Gasteiger partial charge on any atom is -0.292 e. The van der Waals surface area contributed by atoms with Gasteiger partial charge >= 0.3 is 0 Å². The molecular formula is C18H20N8O. The Hall–Kier alpha value is -3.49. The number of nitrogens with one attached hydrogen (secondary N) is 1. The molecule has 0 aliphatic rings. The van der Waals surface area contributed by atoms with Crippen molar-refractivity contribution in [1.82, 2.24) is 34.2 Å². The molecule has 0 saturated heterocycles. The molecule has 1 amide bonds. The van der Waals surface area contributed by atoms with Crippen molar-refractivity contribution in [2.24, 2.45) is 0 Å². The Bertz CT molecular complexity index is 1100. The molecule has 0 aliphatic carbocycles. The molecule has 0 atom stereocenters. The molecule has 0 fully saturated rings. The minimum absolute atomic E-state index is 0.113. The van der Waals surface area contributed by atoms with E-state index in [2.05, 4.69) is 39.4 Å². The van der Waals surface area contributed by atoms with Crippen LogP contribution in [-0.4, -0.2) is 40.1 Å². The second kappa shape index (κ2) is 6.67. The zero-order valence-corrected chi connectivity index (χ0v) is 15.4. The van der Waals surface area contributed by atoms with Crippen LogP contribution in [0.1, 0.15) is 25.5 Å². The van der Waals surface area contributed by atoms with Gasteiger partial charge in [0, 0.05) is 30.2 Å². The van der Waals surface area contributed by atoms with Gasteiger partial charge in [-0.1, -0.05) is 0 Å². The molecule has 0 unspecified atom stereocenters. The molecule has 0 spiro atoms. The summed E-state index contributed by atoms with van der Waals surface area (Å²) < 4.78 is 5.18. The fraction of sp³-hybridized carbons (Fsp3) is 0.278. The summed E-state index contributed by atoms with van der Waals surface area (Å²) in [6.45, 7) is 6.20. The molecule has 4 aromatic rings. The van der Waals surface area contributed by atoms with Gasteiger partial charge in [0.1, 0.15) is 6.54 Å². The predicted molar refractivity (Wildman–Crippen MR) is 100 cm³/mol. The number of hydrogen-bond acceptors (Lipinski definition) is 5. The number of carbonyl (C=O) groups excluding carboxylic acids is 1. The number of pyridine rings is 1. The Morgan fingerprint density at radius 2 is 2.04 bits per heavy atom. The maximum atomic E-state index is 12.2. The average Bonchev–Trinajstić information content (AvgIpc) is 3.32. The van der Waals surface area contributed by atoms with E-state index in [0.29, 0.717) is 5.65 Å². The number of hydrogen-bond donors (Lipinski definition) is 1. The molecule has 1 N–H and O–H groups in total. The number of fused-ring (bicyclic) bond motifs is 1. The van der Waals surface area contributed by atoms with Crippen molar-refractivity contribution in [3.05, 3.63) is 48.5 Å². The van der Waals surface area contributed by atoms with Gasteiger partial charge in [-0.25, -0.2) is 4.52 Å². The SMILES string of the molecule is Cc1cnn(CC(=O)Nc2nc3ccc(-c4ccnn4C(C)C)cn3n2)c1. The summed E-state index contributed by atoms with van der Waals surface area (Å²) in [5, 5.41) is 15.5. The van der Waals surface area contributed by atoms with Gasteiger partial charge in [-0.2, -0.15) is 15.2 Å². The zero-order chi connectivity index (χ0) is 19.0. The first-order chi connectivity index (χ1) is 13.0. The van der Waals surface area contributed by atoms with Crippen LogP contribution < -0.4 is 5.32 Å². The molecule has 4 aromatic heterocycles. The largest absolute Gasteiger partial charge is 0.292 e. The molecule has 9 nitrogen and oxygen atoms in total. The highest BCUT2D eigenvalue weighted by Gasteiger charge is 2.12. The van der Waals surface area contributed by atoms with Gasteiger partial charge in [0.15, 0.2) is 5.65 Å². The van der Waals surface area contributed by atoms with Crippen molar-refractivity contribution in [3.63, 3.8) is 0 Å². The van der Waals surface area contributed by atoms with E-state index < -0.39 is 0 Å². The Morgan fingerprint density at radius 1 is 1.19 bits per heavy atom. The molecule has 138 valence electrons. The third kappa shape index (κ3) is 3.43. The number of carbonyl (C=O) groups is 1. The van der Waals surface area contributed by atoms with Gasteiger partial charge in [-0.3, -0.25) is 19.5 Å². The van der Waals surface area contributed by atoms with E-state index in [1.54, 1.807) is 27.8 Å². The van der Waals surface area contributed by atoms with Crippen LogP contribution in [0.25, 0.3) is 16.9 Å². The van der Waals surface area contributed by atoms with Crippen molar-refractivity contribution in [3.8, 4) is 11.3 Å². The lowest BCUT2D eigenvalue weighted by Crippen LogP contribution is -2.19. The van der Waals surface area contributed by atoms with Gasteiger partial charge in [0.05, 0.1) is 11.9 Å². The lowest BCUT2D eigenvalue weighted by atomic mass is 10.2. The van der Waals surface area contributed by atoms with E-state index in [4.69, 9.17) is 0 Å². The van der Waals surface area contributed by atoms with Crippen LogP contribution in [0.2, 0.25) is 0 Å². The predicted octanol–water partition coefficient (Wildman–Crippen LogP) is 2.32. The summed E-state index contributed by atoms with van der Waals surface area (Å²) in [6.07, 6.45) is 7.18. The molecule has 0 aromatic carbocycles. The van der Waals surface area contributed by atoms with Gasteiger partial charge in [-0.15, -0.1) is 5.10 Å². The van der Waals surface area contributed by atoms with Crippen molar-refractivity contribution < 1.29 is 4.79 Å². The number of aryl methyl sites for hydroxylation is 1. The topological polar surface area (TPSA) is 94.9 Å². The van der Waals surface area contributed by atoms with Gasteiger partial charge in [0.2, 0.25) is 11.9 Å². The monoisotopic (exact) mass is 364 g/mol. The molecule has 0 radical (unpaired) electrons. The maximum Gasteiger partial charge on any atom is 0.249 e. The van der Waals surface area contributed by atoms with Crippen LogP contribution in [0, 0.1) is 6.92 Å². The Labute approximate surface area is 155 Å². The summed E-state index contributed by atoms with van der Waals surface area (Å²) in [6, 6.07) is 6.06. The van der Waals surface area contributed by atoms with Crippen molar-refractivity contribution in [2.45, 2.75) is 33.4 Å². The van der Waals surface area contributed by atoms with E-state index >= 15 is 0 Å². The second-order valence-corrected chi connectivity index (χ2v) is 6.67. The Morgan fingerprint density at radius 3 is 2.78 bits per heavy atom. The first-order valence-electron chi connectivity index (χ1n) is 8.69. The minimum atomic E-state index is -0.230. The molecule has 0 saturated carbocycles. The molecule has 9 heteroatoms. The van der Waals surface area contributed by atoms with Crippen LogP contribution >= 0.6 is 0 Å². The molecule has 4 rings (SSSR count). The highest BCUT2D eigenvalue weighted by atomic mass is 16.2. The molecule has 27 heavy (non-hydrogen) atoms.